The number of carboxylic acid groups (broad SMARTS) is 1. The van der Waals surface area contributed by atoms with Crippen molar-refractivity contribution in [2.24, 2.45) is 0 Å². The van der Waals surface area contributed by atoms with Crippen LogP contribution in [0.25, 0.3) is 11.1 Å². The van der Waals surface area contributed by atoms with E-state index in [0.717, 1.165) is 0 Å². The first-order chi connectivity index (χ1) is 18.7. The molecule has 1 aromatic heterocycles. The van der Waals surface area contributed by atoms with E-state index in [2.05, 4.69) is 10.3 Å². The van der Waals surface area contributed by atoms with Crippen molar-refractivity contribution in [1.29, 1.82) is 0 Å². The van der Waals surface area contributed by atoms with Gasteiger partial charge in [-0.2, -0.15) is 0 Å². The predicted molar refractivity (Wildman–Crippen MR) is 145 cm³/mol. The summed E-state index contributed by atoms with van der Waals surface area (Å²) in [6, 6.07) is 21.0. The fourth-order valence-electron chi connectivity index (χ4n) is 4.16. The number of nitrogens with one attached hydrogen (secondary N) is 1. The molecule has 0 unspecified atom stereocenters. The van der Waals surface area contributed by atoms with E-state index in [-0.39, 0.29) is 17.9 Å². The number of para-hydroxylation sites is 3. The summed E-state index contributed by atoms with van der Waals surface area (Å²) in [7, 11) is -3.68. The van der Waals surface area contributed by atoms with Crippen molar-refractivity contribution >= 4 is 33.1 Å². The number of phenolic OH excluding ortho intramolecular Hbond substituents is 1. The zero-order valence-corrected chi connectivity index (χ0v) is 21.9. The number of oxazole rings is 1. The van der Waals surface area contributed by atoms with Gasteiger partial charge in [0, 0.05) is 19.0 Å². The molecular weight excluding hydrogens is 522 g/mol. The minimum Gasteiger partial charge on any atom is -0.508 e. The van der Waals surface area contributed by atoms with Crippen LogP contribution < -0.4 is 5.32 Å². The number of aryl methyl sites for hydroxylation is 1. The Morgan fingerprint density at radius 1 is 0.974 bits per heavy atom. The van der Waals surface area contributed by atoms with Gasteiger partial charge in [-0.05, 0) is 42.2 Å². The van der Waals surface area contributed by atoms with Crippen LogP contribution in [0.1, 0.15) is 23.4 Å². The summed E-state index contributed by atoms with van der Waals surface area (Å²) in [5.74, 6) is -0.314. The first-order valence-electron chi connectivity index (χ1n) is 12.4. The number of imide groups is 1. The zero-order chi connectivity index (χ0) is 27.8. The molecule has 1 heterocycles. The number of amides is 3. The Morgan fingerprint density at radius 2 is 1.67 bits per heavy atom. The Bertz CT molecular complexity index is 1500. The van der Waals surface area contributed by atoms with Crippen molar-refractivity contribution in [1.82, 2.24) is 15.2 Å². The third-order valence-electron chi connectivity index (χ3n) is 6.17. The Labute approximate surface area is 225 Å². The van der Waals surface area contributed by atoms with Crippen LogP contribution in [0.3, 0.4) is 0 Å². The minimum atomic E-state index is -3.68. The Kier molecular flexibility index (Phi) is 8.82. The summed E-state index contributed by atoms with van der Waals surface area (Å²) in [6.45, 7) is -0.522. The molecule has 4 aromatic rings. The summed E-state index contributed by atoms with van der Waals surface area (Å²) < 4.78 is 31.0. The van der Waals surface area contributed by atoms with Crippen molar-refractivity contribution < 1.29 is 32.6 Å². The number of phenols is 1. The minimum absolute atomic E-state index is 0.111. The molecule has 0 saturated carbocycles. The van der Waals surface area contributed by atoms with E-state index in [1.165, 1.54) is 0 Å². The van der Waals surface area contributed by atoms with E-state index in [1.807, 2.05) is 12.1 Å². The highest BCUT2D eigenvalue weighted by Crippen LogP contribution is 2.21. The molecule has 0 bridgehead atoms. The van der Waals surface area contributed by atoms with Gasteiger partial charge in [-0.25, -0.2) is 27.9 Å². The van der Waals surface area contributed by atoms with E-state index in [9.17, 15) is 28.2 Å². The van der Waals surface area contributed by atoms with Gasteiger partial charge in [0.1, 0.15) is 11.3 Å². The second-order valence-electron chi connectivity index (χ2n) is 9.11. The molecule has 3 amide bonds. The quantitative estimate of drug-likeness (QED) is 0.249. The number of hydrogen-bond donors (Lipinski definition) is 3. The molecule has 3 N–H and O–H groups in total. The maximum atomic E-state index is 13.0. The Morgan fingerprint density at radius 3 is 2.38 bits per heavy atom. The van der Waals surface area contributed by atoms with Gasteiger partial charge in [0.2, 0.25) is 0 Å². The normalized spacial score (nSPS) is 12.2. The monoisotopic (exact) mass is 551 g/mol. The molecule has 0 fully saturated rings. The van der Waals surface area contributed by atoms with Crippen LogP contribution in [0, 0.1) is 0 Å². The number of carbonyl (C=O) groups excluding carboxylic acids is 1. The van der Waals surface area contributed by atoms with Crippen LogP contribution in [-0.2, 0) is 28.4 Å². The van der Waals surface area contributed by atoms with Crippen LogP contribution in [0.15, 0.2) is 83.3 Å². The van der Waals surface area contributed by atoms with Crippen molar-refractivity contribution in [3.8, 4) is 5.75 Å². The molecule has 10 nitrogen and oxygen atoms in total. The van der Waals surface area contributed by atoms with Crippen LogP contribution in [0.5, 0.6) is 5.75 Å². The number of rotatable bonds is 11. The van der Waals surface area contributed by atoms with E-state index >= 15 is 0 Å². The SMILES string of the molecule is O=C(O)N(CCS(=O)(=O)Cc1ccccc1)C(=O)N[C@H](CCc1ccccc1O)Cc1nc2ccccc2o1. The summed E-state index contributed by atoms with van der Waals surface area (Å²) >= 11 is 0. The molecule has 0 aliphatic rings. The maximum absolute atomic E-state index is 13.0. The highest BCUT2D eigenvalue weighted by Gasteiger charge is 2.27. The standard InChI is InChI=1S/C28H29N3O7S/c32-24-12-6-4-10-21(24)14-15-22(18-26-30-23-11-5-7-13-25(23)38-26)29-27(33)31(28(34)35)16-17-39(36,37)19-20-8-2-1-3-9-20/h1-13,22,32H,14-19H2,(H,29,33)(H,34,35)/t22-/m1/s1. The number of urea groups is 1. The highest BCUT2D eigenvalue weighted by molar-refractivity contribution is 7.90. The van der Waals surface area contributed by atoms with Gasteiger partial charge in [0.15, 0.2) is 21.3 Å². The van der Waals surface area contributed by atoms with Crippen molar-refractivity contribution in [3.05, 3.63) is 95.9 Å². The number of aromatic hydroxyl groups is 1. The molecule has 0 aliphatic heterocycles. The average Bonchev–Trinajstić information content (AvgIpc) is 3.30. The number of aromatic nitrogens is 1. The first kappa shape index (κ1) is 27.6. The average molecular weight is 552 g/mol. The van der Waals surface area contributed by atoms with Gasteiger partial charge >= 0.3 is 12.1 Å². The van der Waals surface area contributed by atoms with Crippen LogP contribution in [0.2, 0.25) is 0 Å². The van der Waals surface area contributed by atoms with Gasteiger partial charge in [0.25, 0.3) is 0 Å². The summed E-state index contributed by atoms with van der Waals surface area (Å²) in [5.41, 5.74) is 2.46. The van der Waals surface area contributed by atoms with E-state index < -0.39 is 40.3 Å². The molecule has 1 atom stereocenters. The topological polar surface area (TPSA) is 150 Å². The number of carbonyl (C=O) groups is 2. The Balaban J connectivity index is 1.46. The summed E-state index contributed by atoms with van der Waals surface area (Å²) in [6.07, 6.45) is -0.685. The first-order valence-corrected chi connectivity index (χ1v) is 14.2. The van der Waals surface area contributed by atoms with Gasteiger partial charge in [-0.1, -0.05) is 60.7 Å². The smallest absolute Gasteiger partial charge is 0.415 e. The Hall–Kier alpha value is -4.38. The molecule has 0 spiro atoms. The molecule has 0 saturated heterocycles. The largest absolute Gasteiger partial charge is 0.508 e. The van der Waals surface area contributed by atoms with Gasteiger partial charge in [0.05, 0.1) is 11.5 Å². The van der Waals surface area contributed by atoms with E-state index in [0.29, 0.717) is 45.9 Å². The van der Waals surface area contributed by atoms with Crippen LogP contribution in [0.4, 0.5) is 9.59 Å². The van der Waals surface area contributed by atoms with Crippen LogP contribution >= 0.6 is 0 Å². The van der Waals surface area contributed by atoms with Gasteiger partial charge in [-0.3, -0.25) is 0 Å². The third-order valence-corrected chi connectivity index (χ3v) is 7.75. The molecule has 0 radical (unpaired) electrons. The number of sulfone groups is 1. The van der Waals surface area contributed by atoms with Crippen molar-refractivity contribution in [2.45, 2.75) is 31.1 Å². The highest BCUT2D eigenvalue weighted by atomic mass is 32.2. The fourth-order valence-corrected chi connectivity index (χ4v) is 5.47. The maximum Gasteiger partial charge on any atom is 0.415 e. The lowest BCUT2D eigenvalue weighted by Crippen LogP contribution is -2.49. The molecule has 0 aliphatic carbocycles. The van der Waals surface area contributed by atoms with Gasteiger partial charge < -0.3 is 19.9 Å². The zero-order valence-electron chi connectivity index (χ0n) is 21.1. The number of benzene rings is 3. The van der Waals surface area contributed by atoms with Crippen LogP contribution in [-0.4, -0.2) is 59.0 Å². The molecule has 39 heavy (non-hydrogen) atoms. The lowest BCUT2D eigenvalue weighted by atomic mass is 10.0. The molecule has 3 aromatic carbocycles. The fraction of sp³-hybridized carbons (Fsp3) is 0.250. The lowest BCUT2D eigenvalue weighted by Gasteiger charge is -2.23. The lowest BCUT2D eigenvalue weighted by molar-refractivity contribution is 0.148. The number of fused-ring (bicyclic) bond motifs is 1. The second-order valence-corrected chi connectivity index (χ2v) is 11.3. The number of nitrogens with zero attached hydrogens (tertiary/aromatic N) is 2. The predicted octanol–water partition coefficient (Wildman–Crippen LogP) is 4.38. The van der Waals surface area contributed by atoms with Crippen molar-refractivity contribution in [2.75, 3.05) is 12.3 Å². The molecule has 11 heteroatoms. The number of hydrogen-bond acceptors (Lipinski definition) is 7. The molecular formula is C28H29N3O7S. The van der Waals surface area contributed by atoms with Crippen molar-refractivity contribution in [3.63, 3.8) is 0 Å². The summed E-state index contributed by atoms with van der Waals surface area (Å²) in [4.78, 5) is 29.9. The summed E-state index contributed by atoms with van der Waals surface area (Å²) in [5, 5.41) is 22.5. The second kappa shape index (κ2) is 12.4. The van der Waals surface area contributed by atoms with Gasteiger partial charge in [-0.15, -0.1) is 0 Å². The molecule has 204 valence electrons. The van der Waals surface area contributed by atoms with E-state index in [1.54, 1.807) is 66.7 Å². The third kappa shape index (κ3) is 7.81. The van der Waals surface area contributed by atoms with E-state index in [4.69, 9.17) is 4.42 Å². The molecule has 4 rings (SSSR count).